The number of aliphatic imine (C=N–C) groups is 1. The molecule has 0 radical (unpaired) electrons. The smallest absolute Gasteiger partial charge is 0.243 e. The summed E-state index contributed by atoms with van der Waals surface area (Å²) in [6, 6.07) is 5.07. The second-order valence-corrected chi connectivity index (χ2v) is 11.8. The minimum atomic E-state index is -1.05. The van der Waals surface area contributed by atoms with Crippen molar-refractivity contribution in [2.45, 2.75) is 89.9 Å². The van der Waals surface area contributed by atoms with Gasteiger partial charge in [-0.1, -0.05) is 44.2 Å². The van der Waals surface area contributed by atoms with E-state index in [4.69, 9.17) is 11.5 Å². The maximum atomic E-state index is 13.7. The van der Waals surface area contributed by atoms with Gasteiger partial charge in [-0.15, -0.1) is 0 Å². The van der Waals surface area contributed by atoms with Crippen LogP contribution in [0.4, 0.5) is 0 Å². The number of guanidine groups is 1. The van der Waals surface area contributed by atoms with Gasteiger partial charge >= 0.3 is 0 Å². The van der Waals surface area contributed by atoms with Crippen molar-refractivity contribution < 1.29 is 28.8 Å². The molecule has 1 fully saturated rings. The van der Waals surface area contributed by atoms with Crippen LogP contribution in [0.5, 0.6) is 0 Å². The third-order valence-electron chi connectivity index (χ3n) is 7.19. The highest BCUT2D eigenvalue weighted by atomic mass is 16.2. The minimum absolute atomic E-state index is 0.00542. The van der Waals surface area contributed by atoms with Crippen molar-refractivity contribution in [3.8, 4) is 0 Å². The molecule has 2 rings (SSSR count). The third kappa shape index (κ3) is 14.4. The molecule has 0 aliphatic carbocycles. The van der Waals surface area contributed by atoms with Gasteiger partial charge in [0.1, 0.15) is 24.2 Å². The number of hydrogen-bond donors (Lipinski definition) is 8. The first-order chi connectivity index (χ1) is 21.8. The van der Waals surface area contributed by atoms with Crippen LogP contribution in [0.15, 0.2) is 35.3 Å². The van der Waals surface area contributed by atoms with Gasteiger partial charge in [-0.2, -0.15) is 0 Å². The van der Waals surface area contributed by atoms with Crippen LogP contribution in [0.3, 0.4) is 0 Å². The summed E-state index contributed by atoms with van der Waals surface area (Å²) in [6.07, 6.45) is 2.17. The van der Waals surface area contributed by atoms with Crippen LogP contribution < -0.4 is 43.4 Å². The number of hydrogen-bond acceptors (Lipinski definition) is 7. The molecule has 46 heavy (non-hydrogen) atoms. The van der Waals surface area contributed by atoms with E-state index in [1.165, 1.54) is 6.92 Å². The second kappa shape index (κ2) is 19.6. The summed E-state index contributed by atoms with van der Waals surface area (Å²) in [5.74, 6) is -3.20. The maximum Gasteiger partial charge on any atom is 0.243 e. The molecule has 0 saturated carbocycles. The van der Waals surface area contributed by atoms with E-state index in [9.17, 15) is 28.8 Å². The molecule has 6 amide bonds. The lowest BCUT2D eigenvalue weighted by atomic mass is 10.00. The Hall–Kier alpha value is -4.69. The fourth-order valence-corrected chi connectivity index (χ4v) is 4.92. The Morgan fingerprint density at radius 1 is 0.957 bits per heavy atom. The van der Waals surface area contributed by atoms with Crippen molar-refractivity contribution in [1.29, 1.82) is 0 Å². The summed E-state index contributed by atoms with van der Waals surface area (Å²) in [4.78, 5) is 81.9. The first-order valence-corrected chi connectivity index (χ1v) is 15.7. The van der Waals surface area contributed by atoms with Crippen LogP contribution in [0.2, 0.25) is 0 Å². The van der Waals surface area contributed by atoms with Crippen molar-refractivity contribution >= 4 is 41.4 Å². The van der Waals surface area contributed by atoms with Crippen LogP contribution >= 0.6 is 0 Å². The van der Waals surface area contributed by atoms with E-state index in [2.05, 4.69) is 36.9 Å². The zero-order valence-corrected chi connectivity index (χ0v) is 26.9. The SMILES string of the molecule is CC(=O)N[C@@H](CCCN=C(N)N)C(=O)N[C@H]1CCCCNC(=O)CNC(=O)[C@H](Cc2ccccc2)NC(=O)[C@H](CC(C)C)NC1=O. The molecule has 1 saturated heterocycles. The molecule has 0 spiro atoms. The van der Waals surface area contributed by atoms with Gasteiger partial charge < -0.3 is 43.4 Å². The molecule has 1 aliphatic rings. The Morgan fingerprint density at radius 2 is 1.65 bits per heavy atom. The van der Waals surface area contributed by atoms with E-state index in [0.717, 1.165) is 5.56 Å². The Morgan fingerprint density at radius 3 is 2.30 bits per heavy atom. The van der Waals surface area contributed by atoms with Crippen molar-refractivity contribution in [2.75, 3.05) is 19.6 Å². The monoisotopic (exact) mass is 643 g/mol. The van der Waals surface area contributed by atoms with Gasteiger partial charge in [0, 0.05) is 26.4 Å². The van der Waals surface area contributed by atoms with Crippen LogP contribution in [0, 0.1) is 5.92 Å². The largest absolute Gasteiger partial charge is 0.370 e. The molecule has 1 aliphatic heterocycles. The number of rotatable bonds is 11. The Kier molecular flexibility index (Phi) is 16.0. The highest BCUT2D eigenvalue weighted by Gasteiger charge is 2.31. The van der Waals surface area contributed by atoms with Gasteiger partial charge in [0.2, 0.25) is 35.4 Å². The fourth-order valence-electron chi connectivity index (χ4n) is 4.92. The normalized spacial score (nSPS) is 20.7. The molecule has 15 heteroatoms. The number of nitrogens with one attached hydrogen (secondary N) is 6. The molecule has 10 N–H and O–H groups in total. The Balaban J connectivity index is 2.31. The molecule has 0 aromatic heterocycles. The van der Waals surface area contributed by atoms with Crippen molar-refractivity contribution in [2.24, 2.45) is 22.4 Å². The molecule has 1 aromatic rings. The van der Waals surface area contributed by atoms with Crippen LogP contribution in [0.25, 0.3) is 0 Å². The zero-order valence-electron chi connectivity index (χ0n) is 26.9. The maximum absolute atomic E-state index is 13.7. The van der Waals surface area contributed by atoms with Gasteiger partial charge in [0.15, 0.2) is 5.96 Å². The molecule has 0 bridgehead atoms. The standard InChI is InChI=1S/C31H49N9O6/c1-19(2)16-24-30(46)40-25(17-21-10-5-4-6-11-21)27(43)36-18-26(42)34-14-8-7-12-23(29(45)39-24)38-28(44)22(37-20(3)41)13-9-15-35-31(32)33/h4-6,10-11,19,22-25H,7-9,12-18H2,1-3H3,(H,34,42)(H,36,43)(H,37,41)(H,38,44)(H,39,45)(H,40,46)(H4,32,33,35)/t22-,23-,24-,25-/m0/s1. The van der Waals surface area contributed by atoms with E-state index in [1.807, 2.05) is 44.2 Å². The number of carbonyl (C=O) groups excluding carboxylic acids is 6. The molecular weight excluding hydrogens is 594 g/mol. The molecule has 4 atom stereocenters. The van der Waals surface area contributed by atoms with E-state index >= 15 is 0 Å². The summed E-state index contributed by atoms with van der Waals surface area (Å²) in [5, 5.41) is 16.2. The highest BCUT2D eigenvalue weighted by molar-refractivity contribution is 5.96. The van der Waals surface area contributed by atoms with Crippen LogP contribution in [-0.4, -0.2) is 85.2 Å². The predicted octanol–water partition coefficient (Wildman–Crippen LogP) is -1.30. The van der Waals surface area contributed by atoms with Gasteiger partial charge in [0.25, 0.3) is 0 Å². The fraction of sp³-hybridized carbons (Fsp3) is 0.581. The number of amides is 6. The first kappa shape index (κ1) is 37.5. The molecule has 1 heterocycles. The van der Waals surface area contributed by atoms with Gasteiger partial charge in [0.05, 0.1) is 6.54 Å². The van der Waals surface area contributed by atoms with Crippen LogP contribution in [-0.2, 0) is 35.2 Å². The first-order valence-electron chi connectivity index (χ1n) is 15.7. The van der Waals surface area contributed by atoms with Crippen molar-refractivity contribution in [3.05, 3.63) is 35.9 Å². The molecule has 15 nitrogen and oxygen atoms in total. The van der Waals surface area contributed by atoms with E-state index < -0.39 is 59.6 Å². The minimum Gasteiger partial charge on any atom is -0.370 e. The average molecular weight is 644 g/mol. The number of nitrogens with two attached hydrogens (primary N) is 2. The summed E-state index contributed by atoms with van der Waals surface area (Å²) in [6.45, 7) is 5.34. The van der Waals surface area contributed by atoms with Crippen LogP contribution in [0.1, 0.15) is 64.9 Å². The Bertz CT molecular complexity index is 1220. The predicted molar refractivity (Wildman–Crippen MR) is 173 cm³/mol. The number of benzene rings is 1. The zero-order chi connectivity index (χ0) is 34.1. The quantitative estimate of drug-likeness (QED) is 0.0817. The average Bonchev–Trinajstić information content (AvgIpc) is 2.99. The van der Waals surface area contributed by atoms with Gasteiger partial charge in [-0.05, 0) is 50.0 Å². The summed E-state index contributed by atoms with van der Waals surface area (Å²) < 4.78 is 0. The lowest BCUT2D eigenvalue weighted by molar-refractivity contribution is -0.135. The highest BCUT2D eigenvalue weighted by Crippen LogP contribution is 2.11. The van der Waals surface area contributed by atoms with Gasteiger partial charge in [-0.3, -0.25) is 33.8 Å². The van der Waals surface area contributed by atoms with Crippen molar-refractivity contribution in [1.82, 2.24) is 31.9 Å². The topological polar surface area (TPSA) is 239 Å². The summed E-state index contributed by atoms with van der Waals surface area (Å²) in [5.41, 5.74) is 11.5. The summed E-state index contributed by atoms with van der Waals surface area (Å²) >= 11 is 0. The third-order valence-corrected chi connectivity index (χ3v) is 7.19. The summed E-state index contributed by atoms with van der Waals surface area (Å²) in [7, 11) is 0. The lowest BCUT2D eigenvalue weighted by Gasteiger charge is -2.27. The van der Waals surface area contributed by atoms with E-state index in [1.54, 1.807) is 0 Å². The number of carbonyl (C=O) groups is 6. The lowest BCUT2D eigenvalue weighted by Crippen LogP contribution is -2.59. The van der Waals surface area contributed by atoms with E-state index in [0.29, 0.717) is 19.3 Å². The molecular formula is C31H49N9O6. The number of nitrogens with zero attached hydrogens (tertiary/aromatic N) is 1. The molecule has 1 aromatic carbocycles. The Labute approximate surface area is 269 Å². The van der Waals surface area contributed by atoms with Crippen molar-refractivity contribution in [3.63, 3.8) is 0 Å². The second-order valence-electron chi connectivity index (χ2n) is 11.8. The molecule has 0 unspecified atom stereocenters. The van der Waals surface area contributed by atoms with Gasteiger partial charge in [-0.25, -0.2) is 0 Å². The van der Waals surface area contributed by atoms with E-state index in [-0.39, 0.29) is 57.2 Å². The molecule has 254 valence electrons.